The molecule has 0 aromatic carbocycles. The molecule has 3 nitrogen and oxygen atoms in total. The van der Waals surface area contributed by atoms with Crippen molar-refractivity contribution in [1.29, 1.82) is 0 Å². The van der Waals surface area contributed by atoms with Crippen LogP contribution >= 0.6 is 15.9 Å². The first kappa shape index (κ1) is 10.3. The Bertz CT molecular complexity index is 472. The van der Waals surface area contributed by atoms with E-state index in [4.69, 9.17) is 10.2 Å². The second-order valence-electron chi connectivity index (χ2n) is 2.98. The molecule has 1 atom stereocenters. The van der Waals surface area contributed by atoms with E-state index in [-0.39, 0.29) is 5.69 Å². The van der Waals surface area contributed by atoms with Crippen LogP contribution in [0.5, 0.6) is 0 Å². The minimum atomic E-state index is -0.699. The van der Waals surface area contributed by atoms with Crippen LogP contribution in [-0.2, 0) is 0 Å². The summed E-state index contributed by atoms with van der Waals surface area (Å²) in [7, 11) is 0. The Hall–Kier alpha value is -1.20. The number of pyridine rings is 1. The molecule has 1 unspecified atom stereocenters. The predicted octanol–water partition coefficient (Wildman–Crippen LogP) is 2.62. The van der Waals surface area contributed by atoms with Crippen LogP contribution in [0.2, 0.25) is 0 Å². The van der Waals surface area contributed by atoms with E-state index in [2.05, 4.69) is 20.9 Å². The van der Waals surface area contributed by atoms with Crippen LogP contribution in [0.1, 0.15) is 17.5 Å². The van der Waals surface area contributed by atoms with Crippen LogP contribution < -0.4 is 5.73 Å². The van der Waals surface area contributed by atoms with E-state index < -0.39 is 11.9 Å². The summed E-state index contributed by atoms with van der Waals surface area (Å²) in [5.41, 5.74) is 6.01. The van der Waals surface area contributed by atoms with Crippen molar-refractivity contribution < 1.29 is 8.81 Å². The second kappa shape index (κ2) is 4.12. The highest BCUT2D eigenvalue weighted by molar-refractivity contribution is 9.10. The summed E-state index contributed by atoms with van der Waals surface area (Å²) in [6, 6.07) is 3.84. The quantitative estimate of drug-likeness (QED) is 0.913. The summed E-state index contributed by atoms with van der Waals surface area (Å²) in [5, 5.41) is 0. The number of furan rings is 1. The lowest BCUT2D eigenvalue weighted by atomic mass is 10.1. The molecule has 0 bridgehead atoms. The molecular weight excluding hydrogens is 263 g/mol. The normalized spacial score (nSPS) is 12.7. The molecule has 0 fully saturated rings. The maximum Gasteiger partial charge on any atom is 0.146 e. The first-order valence-corrected chi connectivity index (χ1v) is 5.08. The van der Waals surface area contributed by atoms with Gasteiger partial charge in [-0.05, 0) is 34.1 Å². The molecule has 2 heterocycles. The molecule has 0 saturated heterocycles. The minimum Gasteiger partial charge on any atom is -0.466 e. The van der Waals surface area contributed by atoms with Crippen molar-refractivity contribution in [2.75, 3.05) is 0 Å². The zero-order valence-electron chi connectivity index (χ0n) is 7.65. The third-order valence-electron chi connectivity index (χ3n) is 2.01. The molecule has 15 heavy (non-hydrogen) atoms. The second-order valence-corrected chi connectivity index (χ2v) is 3.84. The fourth-order valence-corrected chi connectivity index (χ4v) is 1.73. The molecule has 0 amide bonds. The van der Waals surface area contributed by atoms with E-state index in [1.807, 2.05) is 0 Å². The average molecular weight is 271 g/mol. The lowest BCUT2D eigenvalue weighted by Gasteiger charge is -2.09. The molecule has 0 aliphatic rings. The van der Waals surface area contributed by atoms with Crippen molar-refractivity contribution in [3.05, 3.63) is 52.4 Å². The summed E-state index contributed by atoms with van der Waals surface area (Å²) in [5.74, 6) is 0.0286. The lowest BCUT2D eigenvalue weighted by molar-refractivity contribution is 0.472. The van der Waals surface area contributed by atoms with Crippen molar-refractivity contribution in [2.45, 2.75) is 6.04 Å². The van der Waals surface area contributed by atoms with E-state index in [0.29, 0.717) is 10.2 Å². The van der Waals surface area contributed by atoms with E-state index in [0.717, 1.165) is 0 Å². The molecular formula is C10H8BrFN2O. The molecule has 78 valence electrons. The van der Waals surface area contributed by atoms with Gasteiger partial charge in [0.15, 0.2) is 0 Å². The number of rotatable bonds is 2. The van der Waals surface area contributed by atoms with Gasteiger partial charge in [-0.25, -0.2) is 4.39 Å². The Labute approximate surface area is 94.2 Å². The Morgan fingerprint density at radius 1 is 1.47 bits per heavy atom. The van der Waals surface area contributed by atoms with Crippen molar-refractivity contribution >= 4 is 15.9 Å². The number of hydrogen-bond donors (Lipinski definition) is 1. The van der Waals surface area contributed by atoms with Crippen molar-refractivity contribution in [1.82, 2.24) is 4.98 Å². The van der Waals surface area contributed by atoms with Gasteiger partial charge in [0.2, 0.25) is 0 Å². The standard InChI is InChI=1S/C10H8BrFN2O/c11-6-3-5-15-10(6)8(13)9-7(12)2-1-4-14-9/h1-5,8H,13H2. The van der Waals surface area contributed by atoms with Crippen LogP contribution in [0.15, 0.2) is 39.5 Å². The van der Waals surface area contributed by atoms with Crippen molar-refractivity contribution in [2.24, 2.45) is 5.73 Å². The zero-order valence-corrected chi connectivity index (χ0v) is 9.24. The van der Waals surface area contributed by atoms with E-state index in [1.54, 1.807) is 6.07 Å². The maximum atomic E-state index is 13.4. The highest BCUT2D eigenvalue weighted by atomic mass is 79.9. The van der Waals surface area contributed by atoms with Gasteiger partial charge in [-0.1, -0.05) is 0 Å². The number of nitrogens with two attached hydrogens (primary N) is 1. The first-order valence-electron chi connectivity index (χ1n) is 4.29. The Morgan fingerprint density at radius 2 is 2.27 bits per heavy atom. The third-order valence-corrected chi connectivity index (χ3v) is 2.66. The van der Waals surface area contributed by atoms with E-state index >= 15 is 0 Å². The Kier molecular flexibility index (Phi) is 2.83. The molecule has 2 aromatic rings. The Morgan fingerprint density at radius 3 is 2.87 bits per heavy atom. The van der Waals surface area contributed by atoms with E-state index in [1.165, 1.54) is 24.6 Å². The molecule has 0 radical (unpaired) electrons. The molecule has 0 spiro atoms. The van der Waals surface area contributed by atoms with Crippen molar-refractivity contribution in [3.63, 3.8) is 0 Å². The van der Waals surface area contributed by atoms with Gasteiger partial charge < -0.3 is 10.2 Å². The van der Waals surface area contributed by atoms with E-state index in [9.17, 15) is 4.39 Å². The van der Waals surface area contributed by atoms with Gasteiger partial charge in [-0.15, -0.1) is 0 Å². The van der Waals surface area contributed by atoms with Crippen molar-refractivity contribution in [3.8, 4) is 0 Å². The molecule has 5 heteroatoms. The van der Waals surface area contributed by atoms with Gasteiger partial charge in [0.25, 0.3) is 0 Å². The van der Waals surface area contributed by atoms with Gasteiger partial charge in [0, 0.05) is 6.20 Å². The maximum absolute atomic E-state index is 13.4. The smallest absolute Gasteiger partial charge is 0.146 e. The summed E-state index contributed by atoms with van der Waals surface area (Å²) >= 11 is 3.26. The number of halogens is 2. The van der Waals surface area contributed by atoms with Gasteiger partial charge >= 0.3 is 0 Å². The van der Waals surface area contributed by atoms with Crippen LogP contribution in [0, 0.1) is 5.82 Å². The topological polar surface area (TPSA) is 52.0 Å². The molecule has 2 aromatic heterocycles. The van der Waals surface area contributed by atoms with Gasteiger partial charge in [0.05, 0.1) is 10.7 Å². The van der Waals surface area contributed by atoms with Gasteiger partial charge in [-0.2, -0.15) is 0 Å². The van der Waals surface area contributed by atoms with Crippen LogP contribution in [0.4, 0.5) is 4.39 Å². The highest BCUT2D eigenvalue weighted by Crippen LogP contribution is 2.27. The predicted molar refractivity (Wildman–Crippen MR) is 56.6 cm³/mol. The number of hydrogen-bond acceptors (Lipinski definition) is 3. The van der Waals surface area contributed by atoms with Gasteiger partial charge in [0.1, 0.15) is 23.3 Å². The number of nitrogens with zero attached hydrogens (tertiary/aromatic N) is 1. The average Bonchev–Trinajstić information content (AvgIpc) is 2.64. The molecule has 0 saturated carbocycles. The zero-order chi connectivity index (χ0) is 10.8. The summed E-state index contributed by atoms with van der Waals surface area (Å²) in [4.78, 5) is 3.89. The largest absolute Gasteiger partial charge is 0.466 e. The molecule has 2 N–H and O–H groups in total. The minimum absolute atomic E-state index is 0.174. The van der Waals surface area contributed by atoms with Gasteiger partial charge in [-0.3, -0.25) is 4.98 Å². The third kappa shape index (κ3) is 1.93. The van der Waals surface area contributed by atoms with Crippen LogP contribution in [0.25, 0.3) is 0 Å². The fraction of sp³-hybridized carbons (Fsp3) is 0.100. The monoisotopic (exact) mass is 270 g/mol. The Balaban J connectivity index is 2.41. The molecule has 0 aliphatic carbocycles. The molecule has 2 rings (SSSR count). The summed E-state index contributed by atoms with van der Waals surface area (Å²) < 4.78 is 19.2. The molecule has 0 aliphatic heterocycles. The first-order chi connectivity index (χ1) is 7.20. The lowest BCUT2D eigenvalue weighted by Crippen LogP contribution is -2.15. The SMILES string of the molecule is NC(c1ncccc1F)c1occc1Br. The highest BCUT2D eigenvalue weighted by Gasteiger charge is 2.19. The van der Waals surface area contributed by atoms with Crippen LogP contribution in [0.3, 0.4) is 0 Å². The van der Waals surface area contributed by atoms with Crippen LogP contribution in [-0.4, -0.2) is 4.98 Å². The fourth-order valence-electron chi connectivity index (χ4n) is 1.28. The summed E-state index contributed by atoms with van der Waals surface area (Å²) in [6.45, 7) is 0. The summed E-state index contributed by atoms with van der Waals surface area (Å²) in [6.07, 6.45) is 2.98. The number of aromatic nitrogens is 1.